The van der Waals surface area contributed by atoms with Gasteiger partial charge < -0.3 is 15.6 Å². The van der Waals surface area contributed by atoms with Crippen molar-refractivity contribution in [1.29, 1.82) is 0 Å². The summed E-state index contributed by atoms with van der Waals surface area (Å²) in [7, 11) is 0. The Hall–Kier alpha value is -1.20. The Morgan fingerprint density at radius 2 is 2.06 bits per heavy atom. The normalized spacial score (nSPS) is 14.3. The molecule has 0 saturated heterocycles. The van der Waals surface area contributed by atoms with Crippen molar-refractivity contribution in [3.63, 3.8) is 0 Å². The van der Waals surface area contributed by atoms with Crippen molar-refractivity contribution >= 4 is 0 Å². The van der Waals surface area contributed by atoms with E-state index in [1.165, 1.54) is 12.1 Å². The maximum absolute atomic E-state index is 13.2. The van der Waals surface area contributed by atoms with Crippen LogP contribution in [0.2, 0.25) is 0 Å². The molecule has 0 amide bonds. The van der Waals surface area contributed by atoms with Crippen molar-refractivity contribution in [3.8, 4) is 5.75 Å². The second-order valence-electron chi connectivity index (χ2n) is 4.67. The number of halogens is 2. The average Bonchev–Trinajstić information content (AvgIpc) is 2.34. The van der Waals surface area contributed by atoms with E-state index >= 15 is 0 Å². The molecule has 5 heteroatoms. The Morgan fingerprint density at radius 3 is 2.72 bits per heavy atom. The molecule has 1 aromatic rings. The molecule has 3 N–H and O–H groups in total. The van der Waals surface area contributed by atoms with Crippen LogP contribution in [0.15, 0.2) is 18.2 Å². The molecule has 0 spiro atoms. The van der Waals surface area contributed by atoms with Gasteiger partial charge in [-0.05, 0) is 38.3 Å². The quantitative estimate of drug-likeness (QED) is 0.738. The van der Waals surface area contributed by atoms with Gasteiger partial charge in [0.25, 0.3) is 0 Å². The van der Waals surface area contributed by atoms with Crippen LogP contribution in [0.1, 0.15) is 26.2 Å². The van der Waals surface area contributed by atoms with E-state index < -0.39 is 17.2 Å². The zero-order chi connectivity index (χ0) is 13.6. The lowest BCUT2D eigenvalue weighted by Gasteiger charge is -2.21. The van der Waals surface area contributed by atoms with Crippen LogP contribution in [0, 0.1) is 11.6 Å². The lowest BCUT2D eigenvalue weighted by atomic mass is 9.97. The molecule has 0 saturated carbocycles. The molecule has 3 nitrogen and oxygen atoms in total. The number of aliphatic hydroxyl groups is 1. The molecule has 1 unspecified atom stereocenters. The molecular weight excluding hydrogens is 240 g/mol. The van der Waals surface area contributed by atoms with Gasteiger partial charge in [-0.1, -0.05) is 6.07 Å². The number of ether oxygens (including phenoxy) is 1. The van der Waals surface area contributed by atoms with E-state index in [0.29, 0.717) is 19.4 Å². The fourth-order valence-electron chi connectivity index (χ4n) is 1.49. The van der Waals surface area contributed by atoms with Crippen LogP contribution >= 0.6 is 0 Å². The molecule has 0 aliphatic heterocycles. The molecule has 102 valence electrons. The minimum absolute atomic E-state index is 0.0762. The largest absolute Gasteiger partial charge is 0.490 e. The molecule has 1 rings (SSSR count). The fourth-order valence-corrected chi connectivity index (χ4v) is 1.49. The molecular formula is C13H19F2NO2. The number of nitrogens with two attached hydrogens (primary N) is 1. The van der Waals surface area contributed by atoms with Crippen LogP contribution in [-0.4, -0.2) is 23.9 Å². The maximum atomic E-state index is 13.2. The molecule has 18 heavy (non-hydrogen) atoms. The summed E-state index contributed by atoms with van der Waals surface area (Å²) in [5.41, 5.74) is 5.16. The van der Waals surface area contributed by atoms with Gasteiger partial charge >= 0.3 is 0 Å². The van der Waals surface area contributed by atoms with Gasteiger partial charge in [0, 0.05) is 5.54 Å². The highest BCUT2D eigenvalue weighted by Gasteiger charge is 2.16. The Balaban J connectivity index is 2.28. The van der Waals surface area contributed by atoms with Crippen molar-refractivity contribution in [3.05, 3.63) is 29.8 Å². The molecule has 0 aromatic heterocycles. The summed E-state index contributed by atoms with van der Waals surface area (Å²) in [5.74, 6) is -1.95. The molecule has 0 fully saturated rings. The van der Waals surface area contributed by atoms with Crippen molar-refractivity contribution in [2.75, 3.05) is 13.2 Å². The van der Waals surface area contributed by atoms with E-state index in [1.807, 2.05) is 0 Å². The molecule has 0 aliphatic rings. The molecule has 0 aliphatic carbocycles. The molecule has 0 radical (unpaired) electrons. The minimum atomic E-state index is -0.962. The molecule has 0 heterocycles. The molecule has 1 atom stereocenters. The topological polar surface area (TPSA) is 55.5 Å². The standard InChI is InChI=1S/C13H19F2NO2/c1-13(16,9-17)7-2-3-8-18-11-6-4-5-10(14)12(11)15/h4-6,17H,2-3,7-9,16H2,1H3. The van der Waals surface area contributed by atoms with E-state index in [2.05, 4.69) is 0 Å². The number of hydrogen-bond acceptors (Lipinski definition) is 3. The summed E-state index contributed by atoms with van der Waals surface area (Å²) >= 11 is 0. The van der Waals surface area contributed by atoms with Gasteiger partial charge in [0.1, 0.15) is 0 Å². The van der Waals surface area contributed by atoms with Gasteiger partial charge in [-0.3, -0.25) is 0 Å². The Labute approximate surface area is 106 Å². The SMILES string of the molecule is CC(N)(CO)CCCCOc1cccc(F)c1F. The van der Waals surface area contributed by atoms with Crippen LogP contribution in [0.3, 0.4) is 0 Å². The van der Waals surface area contributed by atoms with E-state index in [0.717, 1.165) is 12.5 Å². The second-order valence-corrected chi connectivity index (χ2v) is 4.67. The summed E-state index contributed by atoms with van der Waals surface area (Å²) in [5, 5.41) is 8.95. The summed E-state index contributed by atoms with van der Waals surface area (Å²) in [6.07, 6.45) is 2.08. The Kier molecular flexibility index (Phi) is 5.50. The third kappa shape index (κ3) is 4.58. The predicted octanol–water partition coefficient (Wildman–Crippen LogP) is 2.22. The predicted molar refractivity (Wildman–Crippen MR) is 65.4 cm³/mol. The zero-order valence-corrected chi connectivity index (χ0v) is 10.5. The number of hydrogen-bond donors (Lipinski definition) is 2. The first kappa shape index (κ1) is 14.9. The van der Waals surface area contributed by atoms with E-state index in [-0.39, 0.29) is 12.4 Å². The highest BCUT2D eigenvalue weighted by molar-refractivity contribution is 5.24. The van der Waals surface area contributed by atoms with Crippen LogP contribution < -0.4 is 10.5 Å². The lowest BCUT2D eigenvalue weighted by Crippen LogP contribution is -2.39. The highest BCUT2D eigenvalue weighted by atomic mass is 19.2. The van der Waals surface area contributed by atoms with Gasteiger partial charge in [-0.25, -0.2) is 4.39 Å². The van der Waals surface area contributed by atoms with Crippen LogP contribution in [0.4, 0.5) is 8.78 Å². The monoisotopic (exact) mass is 259 g/mol. The van der Waals surface area contributed by atoms with Crippen molar-refractivity contribution in [1.82, 2.24) is 0 Å². The van der Waals surface area contributed by atoms with E-state index in [4.69, 9.17) is 15.6 Å². The summed E-state index contributed by atoms with van der Waals surface area (Å²) in [6.45, 7) is 1.98. The third-order valence-electron chi connectivity index (χ3n) is 2.68. The van der Waals surface area contributed by atoms with Crippen LogP contribution in [-0.2, 0) is 0 Å². The zero-order valence-electron chi connectivity index (χ0n) is 10.5. The fraction of sp³-hybridized carbons (Fsp3) is 0.538. The Morgan fingerprint density at radius 1 is 1.33 bits per heavy atom. The van der Waals surface area contributed by atoms with Crippen molar-refractivity contribution in [2.45, 2.75) is 31.7 Å². The third-order valence-corrected chi connectivity index (χ3v) is 2.68. The van der Waals surface area contributed by atoms with E-state index in [9.17, 15) is 8.78 Å². The van der Waals surface area contributed by atoms with E-state index in [1.54, 1.807) is 6.92 Å². The molecule has 1 aromatic carbocycles. The first-order chi connectivity index (χ1) is 8.46. The lowest BCUT2D eigenvalue weighted by molar-refractivity contribution is 0.193. The number of rotatable bonds is 7. The van der Waals surface area contributed by atoms with Gasteiger partial charge in [0.05, 0.1) is 13.2 Å². The maximum Gasteiger partial charge on any atom is 0.200 e. The number of unbranched alkanes of at least 4 members (excludes halogenated alkanes) is 1. The number of aliphatic hydroxyl groups excluding tert-OH is 1. The minimum Gasteiger partial charge on any atom is -0.490 e. The summed E-state index contributed by atoms with van der Waals surface area (Å²) < 4.78 is 31.2. The first-order valence-electron chi connectivity index (χ1n) is 5.93. The second kappa shape index (κ2) is 6.66. The van der Waals surface area contributed by atoms with Gasteiger partial charge in [0.15, 0.2) is 11.6 Å². The van der Waals surface area contributed by atoms with Crippen LogP contribution in [0.5, 0.6) is 5.75 Å². The van der Waals surface area contributed by atoms with Gasteiger partial charge in [-0.2, -0.15) is 4.39 Å². The summed E-state index contributed by atoms with van der Waals surface area (Å²) in [6, 6.07) is 3.83. The number of benzene rings is 1. The van der Waals surface area contributed by atoms with Gasteiger partial charge in [-0.15, -0.1) is 0 Å². The summed E-state index contributed by atoms with van der Waals surface area (Å²) in [4.78, 5) is 0. The van der Waals surface area contributed by atoms with Gasteiger partial charge in [0.2, 0.25) is 5.82 Å². The van der Waals surface area contributed by atoms with Crippen LogP contribution in [0.25, 0.3) is 0 Å². The highest BCUT2D eigenvalue weighted by Crippen LogP contribution is 2.19. The van der Waals surface area contributed by atoms with Crippen molar-refractivity contribution in [2.24, 2.45) is 5.73 Å². The average molecular weight is 259 g/mol. The Bertz CT molecular complexity index is 383. The first-order valence-corrected chi connectivity index (χ1v) is 5.93. The molecule has 0 bridgehead atoms. The van der Waals surface area contributed by atoms with Crippen molar-refractivity contribution < 1.29 is 18.6 Å². The smallest absolute Gasteiger partial charge is 0.200 e.